The predicted molar refractivity (Wildman–Crippen MR) is 87.3 cm³/mol. The Labute approximate surface area is 141 Å². The summed E-state index contributed by atoms with van der Waals surface area (Å²) in [5.41, 5.74) is 2.74. The minimum Gasteiger partial charge on any atom is -0.461 e. The van der Waals surface area contributed by atoms with Gasteiger partial charge in [-0.1, -0.05) is 0 Å². The Kier molecular flexibility index (Phi) is 4.10. The van der Waals surface area contributed by atoms with E-state index in [2.05, 4.69) is 24.6 Å². The van der Waals surface area contributed by atoms with Crippen molar-refractivity contribution in [3.63, 3.8) is 0 Å². The number of hydrogen-bond acceptors (Lipinski definition) is 5. The van der Waals surface area contributed by atoms with Crippen LogP contribution in [0.3, 0.4) is 0 Å². The monoisotopic (exact) mass is 329 g/mol. The molecule has 1 aliphatic heterocycles. The highest BCUT2D eigenvalue weighted by Crippen LogP contribution is 2.33. The first-order chi connectivity index (χ1) is 11.7. The number of esters is 1. The molecule has 0 unspecified atom stereocenters. The Morgan fingerprint density at radius 1 is 1.46 bits per heavy atom. The first kappa shape index (κ1) is 15.4. The van der Waals surface area contributed by atoms with Crippen LogP contribution in [0.1, 0.15) is 47.3 Å². The summed E-state index contributed by atoms with van der Waals surface area (Å²) in [5, 5.41) is 4.61. The molecular weight excluding hydrogens is 306 g/mol. The summed E-state index contributed by atoms with van der Waals surface area (Å²) in [6.07, 6.45) is 7.06. The van der Waals surface area contributed by atoms with E-state index in [0.717, 1.165) is 49.9 Å². The van der Waals surface area contributed by atoms with Crippen LogP contribution in [-0.2, 0) is 30.8 Å². The van der Waals surface area contributed by atoms with Crippen molar-refractivity contribution in [1.29, 1.82) is 0 Å². The lowest BCUT2D eigenvalue weighted by Gasteiger charge is -2.26. The van der Waals surface area contributed by atoms with Gasteiger partial charge in [0.2, 0.25) is 0 Å². The number of carbonyl (C=O) groups is 1. The number of H-pyrrole nitrogens is 1. The molecule has 0 amide bonds. The molecule has 4 rings (SSSR count). The molecule has 0 saturated heterocycles. The van der Waals surface area contributed by atoms with E-state index in [4.69, 9.17) is 4.74 Å². The van der Waals surface area contributed by atoms with Crippen LogP contribution in [0.2, 0.25) is 0 Å². The number of nitrogens with one attached hydrogen (secondary N) is 1. The average Bonchev–Trinajstić information content (AvgIpc) is 3.11. The highest BCUT2D eigenvalue weighted by molar-refractivity contribution is 5.89. The summed E-state index contributed by atoms with van der Waals surface area (Å²) in [5.74, 6) is 1.37. The van der Waals surface area contributed by atoms with Crippen LogP contribution in [0.4, 0.5) is 0 Å². The number of fused-ring (bicyclic) bond motifs is 1. The first-order valence-corrected chi connectivity index (χ1v) is 8.71. The van der Waals surface area contributed by atoms with Crippen molar-refractivity contribution in [2.75, 3.05) is 13.2 Å². The predicted octanol–water partition coefficient (Wildman–Crippen LogP) is 1.75. The molecule has 0 aromatic carbocycles. The van der Waals surface area contributed by atoms with E-state index in [1.54, 1.807) is 6.20 Å². The Morgan fingerprint density at radius 2 is 2.33 bits per heavy atom. The van der Waals surface area contributed by atoms with Gasteiger partial charge in [-0.15, -0.1) is 0 Å². The molecule has 1 saturated carbocycles. The van der Waals surface area contributed by atoms with Crippen molar-refractivity contribution in [2.45, 2.75) is 45.8 Å². The molecule has 2 aromatic rings. The normalized spacial score (nSPS) is 17.7. The van der Waals surface area contributed by atoms with E-state index < -0.39 is 0 Å². The fraction of sp³-hybridized carbons (Fsp3) is 0.588. The van der Waals surface area contributed by atoms with Crippen LogP contribution in [0.5, 0.6) is 0 Å². The van der Waals surface area contributed by atoms with Crippen molar-refractivity contribution in [3.05, 3.63) is 35.2 Å². The highest BCUT2D eigenvalue weighted by atomic mass is 16.5. The number of carbonyl (C=O) groups excluding carboxylic acids is 1. The molecule has 128 valence electrons. The summed E-state index contributed by atoms with van der Waals surface area (Å²) in [7, 11) is 0. The van der Waals surface area contributed by atoms with Crippen LogP contribution < -0.4 is 0 Å². The highest BCUT2D eigenvalue weighted by Gasteiger charge is 2.31. The van der Waals surface area contributed by atoms with Gasteiger partial charge in [0.1, 0.15) is 5.82 Å². The van der Waals surface area contributed by atoms with Gasteiger partial charge in [-0.2, -0.15) is 5.10 Å². The van der Waals surface area contributed by atoms with Crippen molar-refractivity contribution in [3.8, 4) is 0 Å². The summed E-state index contributed by atoms with van der Waals surface area (Å²) in [4.78, 5) is 22.1. The van der Waals surface area contributed by atoms with Gasteiger partial charge >= 0.3 is 5.97 Å². The molecule has 1 N–H and O–H groups in total. The molecule has 0 spiro atoms. The summed E-state index contributed by atoms with van der Waals surface area (Å²) < 4.78 is 7.28. The molecule has 0 radical (unpaired) electrons. The molecule has 1 fully saturated rings. The summed E-state index contributed by atoms with van der Waals surface area (Å²) >= 11 is 0. The van der Waals surface area contributed by atoms with Gasteiger partial charge in [-0.25, -0.2) is 9.78 Å². The Bertz CT molecular complexity index is 718. The molecule has 7 nitrogen and oxygen atoms in total. The molecule has 24 heavy (non-hydrogen) atoms. The van der Waals surface area contributed by atoms with Gasteiger partial charge in [0, 0.05) is 49.7 Å². The zero-order valence-electron chi connectivity index (χ0n) is 14.0. The molecule has 3 heterocycles. The third kappa shape index (κ3) is 3.08. The largest absolute Gasteiger partial charge is 0.461 e. The van der Waals surface area contributed by atoms with E-state index in [-0.39, 0.29) is 5.97 Å². The average molecular weight is 329 g/mol. The second kappa shape index (κ2) is 6.39. The molecule has 2 aliphatic rings. The maximum absolute atomic E-state index is 12.3. The van der Waals surface area contributed by atoms with E-state index in [0.29, 0.717) is 12.3 Å². The lowest BCUT2D eigenvalue weighted by atomic mass is 10.0. The number of nitrogens with zero attached hydrogens (tertiary/aromatic N) is 4. The van der Waals surface area contributed by atoms with Gasteiger partial charge in [-0.3, -0.25) is 9.58 Å². The van der Waals surface area contributed by atoms with E-state index in [9.17, 15) is 4.79 Å². The van der Waals surface area contributed by atoms with Gasteiger partial charge in [-0.05, 0) is 25.7 Å². The zero-order chi connectivity index (χ0) is 16.5. The number of aromatic amines is 1. The maximum atomic E-state index is 12.3. The van der Waals surface area contributed by atoms with E-state index in [1.807, 2.05) is 13.1 Å². The Morgan fingerprint density at radius 3 is 3.04 bits per heavy atom. The SMILES string of the molecule is CCOC(=O)c1nn(CC2CC2)c2c1CN(Cc1ncc[nH]1)CC2. The third-order valence-electron chi connectivity index (χ3n) is 4.74. The smallest absolute Gasteiger partial charge is 0.359 e. The molecule has 7 heteroatoms. The Balaban J connectivity index is 1.58. The van der Waals surface area contributed by atoms with Crippen molar-refractivity contribution in [2.24, 2.45) is 5.92 Å². The van der Waals surface area contributed by atoms with Crippen LogP contribution in [0, 0.1) is 5.92 Å². The molecule has 1 aliphatic carbocycles. The lowest BCUT2D eigenvalue weighted by molar-refractivity contribution is 0.0515. The number of ether oxygens (including phenoxy) is 1. The van der Waals surface area contributed by atoms with Crippen molar-refractivity contribution in [1.82, 2.24) is 24.6 Å². The Hall–Kier alpha value is -2.15. The lowest BCUT2D eigenvalue weighted by Crippen LogP contribution is -2.31. The molecule has 2 aromatic heterocycles. The minimum atomic E-state index is -0.303. The fourth-order valence-electron chi connectivity index (χ4n) is 3.34. The van der Waals surface area contributed by atoms with Crippen molar-refractivity contribution >= 4 is 5.97 Å². The first-order valence-electron chi connectivity index (χ1n) is 8.71. The van der Waals surface area contributed by atoms with Gasteiger partial charge in [0.05, 0.1) is 13.2 Å². The second-order valence-electron chi connectivity index (χ2n) is 6.62. The van der Waals surface area contributed by atoms with E-state index in [1.165, 1.54) is 18.5 Å². The van der Waals surface area contributed by atoms with Crippen LogP contribution in [0.25, 0.3) is 0 Å². The molecule has 0 atom stereocenters. The number of aromatic nitrogens is 4. The van der Waals surface area contributed by atoms with E-state index >= 15 is 0 Å². The topological polar surface area (TPSA) is 76.0 Å². The summed E-state index contributed by atoms with van der Waals surface area (Å²) in [6, 6.07) is 0. The second-order valence-corrected chi connectivity index (χ2v) is 6.62. The van der Waals surface area contributed by atoms with Crippen LogP contribution in [0.15, 0.2) is 12.4 Å². The zero-order valence-corrected chi connectivity index (χ0v) is 14.0. The fourth-order valence-corrected chi connectivity index (χ4v) is 3.34. The number of imidazole rings is 1. The van der Waals surface area contributed by atoms with Crippen LogP contribution in [-0.4, -0.2) is 43.8 Å². The molecular formula is C17H23N5O2. The van der Waals surface area contributed by atoms with Gasteiger partial charge < -0.3 is 9.72 Å². The third-order valence-corrected chi connectivity index (χ3v) is 4.74. The number of hydrogen-bond donors (Lipinski definition) is 1. The number of rotatable bonds is 6. The molecule has 0 bridgehead atoms. The summed E-state index contributed by atoms with van der Waals surface area (Å²) in [6.45, 7) is 5.55. The maximum Gasteiger partial charge on any atom is 0.359 e. The van der Waals surface area contributed by atoms with Crippen LogP contribution >= 0.6 is 0 Å². The standard InChI is InChI=1S/C17H23N5O2/c1-2-24-17(23)16-13-10-21(11-15-18-6-7-19-15)8-5-14(13)22(20-16)9-12-3-4-12/h6-7,12H,2-5,8-11H2,1H3,(H,18,19). The van der Waals surface area contributed by atoms with Gasteiger partial charge in [0.15, 0.2) is 5.69 Å². The van der Waals surface area contributed by atoms with Crippen molar-refractivity contribution < 1.29 is 9.53 Å². The minimum absolute atomic E-state index is 0.303. The van der Waals surface area contributed by atoms with Gasteiger partial charge in [0.25, 0.3) is 0 Å². The quantitative estimate of drug-likeness (QED) is 0.817.